The fourth-order valence-corrected chi connectivity index (χ4v) is 3.37. The summed E-state index contributed by atoms with van der Waals surface area (Å²) >= 11 is 0. The molecule has 0 aromatic heterocycles. The standard InChI is InChI=1S/C20H23NO6/c1-3-26-17(22)11-8-13-20(21(24)25)14-12-16(19(23)27-4-2)18(20)15-9-6-5-7-10-15/h5-12,18H,3-4,13-14H2,1-2H3/b11-8+/t18-,20+/m1/s1. The molecule has 1 aliphatic carbocycles. The average Bonchev–Trinajstić information content (AvgIpc) is 3.04. The van der Waals surface area contributed by atoms with Crippen LogP contribution < -0.4 is 0 Å². The van der Waals surface area contributed by atoms with Crippen LogP contribution in [-0.4, -0.2) is 35.6 Å². The Morgan fingerprint density at radius 3 is 2.48 bits per heavy atom. The number of hydrogen-bond donors (Lipinski definition) is 0. The average molecular weight is 373 g/mol. The summed E-state index contributed by atoms with van der Waals surface area (Å²) in [7, 11) is 0. The van der Waals surface area contributed by atoms with Gasteiger partial charge in [0.1, 0.15) is 0 Å². The molecule has 0 fully saturated rings. The molecule has 0 saturated carbocycles. The van der Waals surface area contributed by atoms with E-state index in [0.717, 1.165) is 0 Å². The number of rotatable bonds is 8. The number of carbonyl (C=O) groups is 2. The molecule has 0 bridgehead atoms. The van der Waals surface area contributed by atoms with Crippen molar-refractivity contribution in [3.05, 3.63) is 69.8 Å². The first-order valence-corrected chi connectivity index (χ1v) is 8.86. The van der Waals surface area contributed by atoms with E-state index in [0.29, 0.717) is 5.56 Å². The first-order valence-electron chi connectivity index (χ1n) is 8.86. The Bertz CT molecular complexity index is 755. The van der Waals surface area contributed by atoms with Gasteiger partial charge in [0.15, 0.2) is 0 Å². The van der Waals surface area contributed by atoms with E-state index in [2.05, 4.69) is 0 Å². The predicted octanol–water partition coefficient (Wildman–Crippen LogP) is 3.19. The summed E-state index contributed by atoms with van der Waals surface area (Å²) in [6.07, 6.45) is 4.27. The van der Waals surface area contributed by atoms with E-state index in [4.69, 9.17) is 9.47 Å². The lowest BCUT2D eigenvalue weighted by atomic mass is 9.76. The van der Waals surface area contributed by atoms with Gasteiger partial charge in [0.25, 0.3) is 0 Å². The summed E-state index contributed by atoms with van der Waals surface area (Å²) < 4.78 is 9.92. The second-order valence-corrected chi connectivity index (χ2v) is 6.15. The third-order valence-electron chi connectivity index (χ3n) is 4.54. The molecule has 7 heteroatoms. The van der Waals surface area contributed by atoms with Gasteiger partial charge in [-0.05, 0) is 19.4 Å². The van der Waals surface area contributed by atoms with E-state index in [1.165, 1.54) is 12.2 Å². The molecule has 1 aromatic rings. The number of benzene rings is 1. The van der Waals surface area contributed by atoms with Gasteiger partial charge in [-0.15, -0.1) is 0 Å². The van der Waals surface area contributed by atoms with Crippen molar-refractivity contribution in [2.75, 3.05) is 13.2 Å². The maximum absolute atomic E-state index is 12.4. The lowest BCUT2D eigenvalue weighted by molar-refractivity contribution is -0.570. The van der Waals surface area contributed by atoms with E-state index in [-0.39, 0.29) is 36.6 Å². The molecule has 0 unspecified atom stereocenters. The predicted molar refractivity (Wildman–Crippen MR) is 98.6 cm³/mol. The van der Waals surface area contributed by atoms with Crippen LogP contribution in [-0.2, 0) is 19.1 Å². The van der Waals surface area contributed by atoms with E-state index in [1.54, 1.807) is 50.3 Å². The molecule has 1 aliphatic rings. The summed E-state index contributed by atoms with van der Waals surface area (Å²) in [5.41, 5.74) is -0.522. The third kappa shape index (κ3) is 4.42. The van der Waals surface area contributed by atoms with Crippen LogP contribution in [0, 0.1) is 10.1 Å². The number of nitro groups is 1. The highest BCUT2D eigenvalue weighted by atomic mass is 16.6. The molecule has 0 amide bonds. The van der Waals surface area contributed by atoms with Crippen molar-refractivity contribution < 1.29 is 24.0 Å². The number of carbonyl (C=O) groups excluding carboxylic acids is 2. The molecule has 0 spiro atoms. The number of nitrogens with zero attached hydrogens (tertiary/aromatic N) is 1. The van der Waals surface area contributed by atoms with E-state index < -0.39 is 23.4 Å². The minimum Gasteiger partial charge on any atom is -0.463 e. The summed E-state index contributed by atoms with van der Waals surface area (Å²) in [5.74, 6) is -1.87. The summed E-state index contributed by atoms with van der Waals surface area (Å²) in [6.45, 7) is 3.78. The summed E-state index contributed by atoms with van der Waals surface area (Å²) in [5, 5.41) is 12.1. The van der Waals surface area contributed by atoms with Gasteiger partial charge in [-0.1, -0.05) is 42.5 Å². The van der Waals surface area contributed by atoms with Crippen molar-refractivity contribution in [3.8, 4) is 0 Å². The van der Waals surface area contributed by atoms with Crippen LogP contribution in [0.15, 0.2) is 54.1 Å². The fourth-order valence-electron chi connectivity index (χ4n) is 3.37. The monoisotopic (exact) mass is 373 g/mol. The van der Waals surface area contributed by atoms with Gasteiger partial charge in [-0.3, -0.25) is 10.1 Å². The third-order valence-corrected chi connectivity index (χ3v) is 4.54. The molecule has 0 aliphatic heterocycles. The SMILES string of the molecule is CCOC(=O)/C=C/C[C@]1([N+](=O)[O-])CC=C(C(=O)OCC)[C@H]1c1ccccc1. The largest absolute Gasteiger partial charge is 0.463 e. The number of ether oxygens (including phenoxy) is 2. The number of esters is 2. The molecule has 2 rings (SSSR count). The zero-order chi connectivity index (χ0) is 19.9. The second-order valence-electron chi connectivity index (χ2n) is 6.15. The lowest BCUT2D eigenvalue weighted by Gasteiger charge is -2.28. The Labute approximate surface area is 157 Å². The summed E-state index contributed by atoms with van der Waals surface area (Å²) in [4.78, 5) is 35.7. The highest BCUT2D eigenvalue weighted by molar-refractivity contribution is 5.91. The van der Waals surface area contributed by atoms with Crippen LogP contribution in [0.3, 0.4) is 0 Å². The minimum absolute atomic E-state index is 0.0161. The maximum atomic E-state index is 12.4. The number of hydrogen-bond acceptors (Lipinski definition) is 6. The Hall–Kier alpha value is -2.96. The molecule has 7 nitrogen and oxygen atoms in total. The lowest BCUT2D eigenvalue weighted by Crippen LogP contribution is -2.42. The Morgan fingerprint density at radius 2 is 1.89 bits per heavy atom. The van der Waals surface area contributed by atoms with E-state index >= 15 is 0 Å². The van der Waals surface area contributed by atoms with Crippen LogP contribution >= 0.6 is 0 Å². The van der Waals surface area contributed by atoms with Crippen LogP contribution in [0.2, 0.25) is 0 Å². The molecule has 2 atom stereocenters. The quantitative estimate of drug-likeness (QED) is 0.300. The molecule has 27 heavy (non-hydrogen) atoms. The normalized spacial score (nSPS) is 21.7. The molecule has 0 saturated heterocycles. The molecular weight excluding hydrogens is 350 g/mol. The topological polar surface area (TPSA) is 95.7 Å². The van der Waals surface area contributed by atoms with Crippen molar-refractivity contribution in [1.29, 1.82) is 0 Å². The van der Waals surface area contributed by atoms with Gasteiger partial charge >= 0.3 is 11.9 Å². The molecular formula is C20H23NO6. The Balaban J connectivity index is 2.41. The first kappa shape index (κ1) is 20.4. The van der Waals surface area contributed by atoms with Crippen LogP contribution in [0.25, 0.3) is 0 Å². The second kappa shape index (κ2) is 9.12. The van der Waals surface area contributed by atoms with Gasteiger partial charge in [0.2, 0.25) is 5.54 Å². The van der Waals surface area contributed by atoms with Gasteiger partial charge in [0, 0.05) is 29.4 Å². The Morgan fingerprint density at radius 1 is 1.22 bits per heavy atom. The van der Waals surface area contributed by atoms with Gasteiger partial charge in [-0.25, -0.2) is 9.59 Å². The zero-order valence-corrected chi connectivity index (χ0v) is 15.4. The van der Waals surface area contributed by atoms with Crippen molar-refractivity contribution in [2.45, 2.75) is 38.1 Å². The van der Waals surface area contributed by atoms with Crippen LogP contribution in [0.5, 0.6) is 0 Å². The van der Waals surface area contributed by atoms with Crippen molar-refractivity contribution in [1.82, 2.24) is 0 Å². The van der Waals surface area contributed by atoms with Crippen molar-refractivity contribution in [2.24, 2.45) is 0 Å². The Kier molecular flexibility index (Phi) is 6.87. The zero-order valence-electron chi connectivity index (χ0n) is 15.4. The smallest absolute Gasteiger partial charge is 0.334 e. The van der Waals surface area contributed by atoms with Crippen LogP contribution in [0.1, 0.15) is 38.2 Å². The molecule has 144 valence electrons. The molecule has 0 N–H and O–H groups in total. The summed E-state index contributed by atoms with van der Waals surface area (Å²) in [6, 6.07) is 8.87. The fraction of sp³-hybridized carbons (Fsp3) is 0.400. The van der Waals surface area contributed by atoms with Crippen molar-refractivity contribution in [3.63, 3.8) is 0 Å². The van der Waals surface area contributed by atoms with E-state index in [1.807, 2.05) is 0 Å². The van der Waals surface area contributed by atoms with Gasteiger partial charge in [-0.2, -0.15) is 0 Å². The van der Waals surface area contributed by atoms with Gasteiger partial charge in [0.05, 0.1) is 19.1 Å². The van der Waals surface area contributed by atoms with Gasteiger partial charge < -0.3 is 9.47 Å². The maximum Gasteiger partial charge on any atom is 0.334 e. The van der Waals surface area contributed by atoms with E-state index in [9.17, 15) is 19.7 Å². The van der Waals surface area contributed by atoms with Crippen LogP contribution in [0.4, 0.5) is 0 Å². The molecule has 1 aromatic carbocycles. The minimum atomic E-state index is -1.47. The first-order chi connectivity index (χ1) is 13.0. The van der Waals surface area contributed by atoms with Crippen molar-refractivity contribution >= 4 is 11.9 Å². The molecule has 0 heterocycles. The molecule has 0 radical (unpaired) electrons. The highest BCUT2D eigenvalue weighted by Crippen LogP contribution is 2.47. The highest BCUT2D eigenvalue weighted by Gasteiger charge is 2.56.